The number of carbonyl (C=O) groups is 1. The van der Waals surface area contributed by atoms with E-state index in [0.29, 0.717) is 6.42 Å². The predicted octanol–water partition coefficient (Wildman–Crippen LogP) is 3.04. The molecule has 1 aromatic rings. The SMILES string of the molecule is CCC(C)NC(=O)c1cc(F)cc(S(=O)(=O)Cl)c1Br. The van der Waals surface area contributed by atoms with Gasteiger partial charge >= 0.3 is 0 Å². The normalized spacial score (nSPS) is 13.1. The fraction of sp³-hybridized carbons (Fsp3) is 0.364. The van der Waals surface area contributed by atoms with E-state index in [2.05, 4.69) is 21.2 Å². The van der Waals surface area contributed by atoms with Crippen LogP contribution in [-0.2, 0) is 9.05 Å². The lowest BCUT2D eigenvalue weighted by Gasteiger charge is -2.13. The molecule has 0 aliphatic rings. The third kappa shape index (κ3) is 4.15. The van der Waals surface area contributed by atoms with Gasteiger partial charge in [-0.3, -0.25) is 4.79 Å². The van der Waals surface area contributed by atoms with Crippen molar-refractivity contribution < 1.29 is 17.6 Å². The molecule has 0 aliphatic carbocycles. The van der Waals surface area contributed by atoms with E-state index in [-0.39, 0.29) is 16.1 Å². The Balaban J connectivity index is 3.30. The van der Waals surface area contributed by atoms with Gasteiger partial charge in [-0.15, -0.1) is 0 Å². The zero-order valence-corrected chi connectivity index (χ0v) is 13.4. The molecule has 1 aromatic carbocycles. The lowest BCUT2D eigenvalue weighted by atomic mass is 10.2. The quantitative estimate of drug-likeness (QED) is 0.826. The molecule has 0 saturated carbocycles. The standard InChI is InChI=1S/C11H12BrClFNO3S/c1-3-6(2)15-11(16)8-4-7(14)5-9(10(8)12)19(13,17)18/h4-6H,3H2,1-2H3,(H,15,16). The summed E-state index contributed by atoms with van der Waals surface area (Å²) in [5, 5.41) is 2.62. The Morgan fingerprint density at radius 1 is 1.53 bits per heavy atom. The van der Waals surface area contributed by atoms with Crippen LogP contribution in [0.4, 0.5) is 4.39 Å². The molecule has 0 bridgehead atoms. The number of nitrogens with one attached hydrogen (secondary N) is 1. The van der Waals surface area contributed by atoms with Crippen LogP contribution in [0.3, 0.4) is 0 Å². The highest BCUT2D eigenvalue weighted by atomic mass is 79.9. The number of amides is 1. The molecular weight excluding hydrogens is 361 g/mol. The van der Waals surface area contributed by atoms with Crippen molar-refractivity contribution in [3.05, 3.63) is 28.0 Å². The Morgan fingerprint density at radius 2 is 2.11 bits per heavy atom. The summed E-state index contributed by atoms with van der Waals surface area (Å²) < 4.78 is 35.9. The first-order chi connectivity index (χ1) is 8.66. The van der Waals surface area contributed by atoms with E-state index < -0.39 is 25.7 Å². The summed E-state index contributed by atoms with van der Waals surface area (Å²) in [6, 6.07) is 1.60. The summed E-state index contributed by atoms with van der Waals surface area (Å²) in [7, 11) is 1.05. The van der Waals surface area contributed by atoms with Gasteiger partial charge in [-0.1, -0.05) is 6.92 Å². The minimum atomic E-state index is -4.14. The summed E-state index contributed by atoms with van der Waals surface area (Å²) >= 11 is 2.97. The summed E-state index contributed by atoms with van der Waals surface area (Å²) in [5.41, 5.74) is -0.112. The van der Waals surface area contributed by atoms with Crippen molar-refractivity contribution in [3.63, 3.8) is 0 Å². The maximum Gasteiger partial charge on any atom is 0.262 e. The van der Waals surface area contributed by atoms with Crippen LogP contribution < -0.4 is 5.32 Å². The van der Waals surface area contributed by atoms with Gasteiger partial charge in [0.25, 0.3) is 15.0 Å². The summed E-state index contributed by atoms with van der Waals surface area (Å²) in [4.78, 5) is 11.5. The number of halogens is 3. The topological polar surface area (TPSA) is 63.2 Å². The molecule has 0 heterocycles. The van der Waals surface area contributed by atoms with Crippen LogP contribution in [0.5, 0.6) is 0 Å². The molecule has 1 amide bonds. The van der Waals surface area contributed by atoms with Gasteiger partial charge in [0.1, 0.15) is 10.7 Å². The van der Waals surface area contributed by atoms with Crippen molar-refractivity contribution >= 4 is 41.6 Å². The number of rotatable bonds is 4. The number of carbonyl (C=O) groups excluding carboxylic acids is 1. The van der Waals surface area contributed by atoms with E-state index in [4.69, 9.17) is 10.7 Å². The predicted molar refractivity (Wildman–Crippen MR) is 74.4 cm³/mol. The minimum Gasteiger partial charge on any atom is -0.350 e. The van der Waals surface area contributed by atoms with E-state index in [1.165, 1.54) is 0 Å². The summed E-state index contributed by atoms with van der Waals surface area (Å²) in [6.45, 7) is 3.66. The molecule has 1 unspecified atom stereocenters. The monoisotopic (exact) mass is 371 g/mol. The first kappa shape index (κ1) is 16.4. The molecule has 19 heavy (non-hydrogen) atoms. The van der Waals surface area contributed by atoms with Crippen molar-refractivity contribution in [2.24, 2.45) is 0 Å². The second-order valence-corrected chi connectivity index (χ2v) is 7.31. The van der Waals surface area contributed by atoms with Crippen LogP contribution in [0.2, 0.25) is 0 Å². The van der Waals surface area contributed by atoms with Crippen molar-refractivity contribution in [1.82, 2.24) is 5.32 Å². The lowest BCUT2D eigenvalue weighted by Crippen LogP contribution is -2.32. The number of benzene rings is 1. The van der Waals surface area contributed by atoms with Crippen LogP contribution in [-0.4, -0.2) is 20.4 Å². The molecule has 8 heteroatoms. The van der Waals surface area contributed by atoms with E-state index in [1.807, 2.05) is 6.92 Å². The molecule has 106 valence electrons. The average Bonchev–Trinajstić information content (AvgIpc) is 2.29. The Labute approximate surface area is 123 Å². The van der Waals surface area contributed by atoms with Crippen LogP contribution in [0.25, 0.3) is 0 Å². The van der Waals surface area contributed by atoms with Crippen molar-refractivity contribution in [2.75, 3.05) is 0 Å². The smallest absolute Gasteiger partial charge is 0.262 e. The minimum absolute atomic E-state index is 0.0512. The van der Waals surface area contributed by atoms with Gasteiger partial charge in [0.05, 0.1) is 10.0 Å². The van der Waals surface area contributed by atoms with Crippen LogP contribution in [0.1, 0.15) is 30.6 Å². The molecule has 0 spiro atoms. The van der Waals surface area contributed by atoms with Crippen LogP contribution in [0.15, 0.2) is 21.5 Å². The molecular formula is C11H12BrClFNO3S. The zero-order chi connectivity index (χ0) is 14.8. The third-order valence-corrected chi connectivity index (χ3v) is 4.96. The second-order valence-electron chi connectivity index (χ2n) is 3.99. The highest BCUT2D eigenvalue weighted by Gasteiger charge is 2.22. The molecule has 0 saturated heterocycles. The number of hydrogen-bond acceptors (Lipinski definition) is 3. The summed E-state index contributed by atoms with van der Waals surface area (Å²) in [6.07, 6.45) is 0.694. The van der Waals surface area contributed by atoms with Crippen LogP contribution >= 0.6 is 26.6 Å². The average molecular weight is 373 g/mol. The molecule has 1 N–H and O–H groups in total. The summed E-state index contributed by atoms with van der Waals surface area (Å²) in [5.74, 6) is -1.42. The van der Waals surface area contributed by atoms with Gasteiger partial charge in [0.2, 0.25) is 0 Å². The second kappa shape index (κ2) is 6.19. The van der Waals surface area contributed by atoms with Crippen molar-refractivity contribution in [2.45, 2.75) is 31.2 Å². The van der Waals surface area contributed by atoms with Gasteiger partial charge in [-0.2, -0.15) is 0 Å². The van der Waals surface area contributed by atoms with Gasteiger partial charge in [-0.25, -0.2) is 12.8 Å². The Bertz CT molecular complexity index is 606. The molecule has 4 nitrogen and oxygen atoms in total. The first-order valence-corrected chi connectivity index (χ1v) is 8.51. The molecule has 1 rings (SSSR count). The Kier molecular flexibility index (Phi) is 5.34. The Hall–Kier alpha value is -0.660. The number of hydrogen-bond donors (Lipinski definition) is 1. The van der Waals surface area contributed by atoms with E-state index in [0.717, 1.165) is 12.1 Å². The highest BCUT2D eigenvalue weighted by Crippen LogP contribution is 2.29. The van der Waals surface area contributed by atoms with Gasteiger partial charge < -0.3 is 5.32 Å². The van der Waals surface area contributed by atoms with E-state index in [1.54, 1.807) is 6.92 Å². The molecule has 0 aliphatic heterocycles. The zero-order valence-electron chi connectivity index (χ0n) is 10.2. The molecule has 1 atom stereocenters. The van der Waals surface area contributed by atoms with Crippen molar-refractivity contribution in [3.8, 4) is 0 Å². The fourth-order valence-corrected chi connectivity index (χ4v) is 3.58. The van der Waals surface area contributed by atoms with Gasteiger partial charge in [0.15, 0.2) is 0 Å². The maximum absolute atomic E-state index is 13.4. The van der Waals surface area contributed by atoms with E-state index >= 15 is 0 Å². The largest absolute Gasteiger partial charge is 0.350 e. The maximum atomic E-state index is 13.4. The molecule has 0 radical (unpaired) electrons. The molecule has 0 fully saturated rings. The third-order valence-electron chi connectivity index (χ3n) is 2.50. The highest BCUT2D eigenvalue weighted by molar-refractivity contribution is 9.10. The van der Waals surface area contributed by atoms with Crippen LogP contribution in [0, 0.1) is 5.82 Å². The van der Waals surface area contributed by atoms with Crippen molar-refractivity contribution in [1.29, 1.82) is 0 Å². The van der Waals surface area contributed by atoms with E-state index in [9.17, 15) is 17.6 Å². The van der Waals surface area contributed by atoms with Gasteiger partial charge in [0, 0.05) is 16.7 Å². The Morgan fingerprint density at radius 3 is 2.58 bits per heavy atom. The lowest BCUT2D eigenvalue weighted by molar-refractivity contribution is 0.0937. The fourth-order valence-electron chi connectivity index (χ4n) is 1.31. The van der Waals surface area contributed by atoms with Gasteiger partial charge in [-0.05, 0) is 41.4 Å². The molecule has 0 aromatic heterocycles. The first-order valence-electron chi connectivity index (χ1n) is 5.41.